The summed E-state index contributed by atoms with van der Waals surface area (Å²) in [6.45, 7) is 5.89. The van der Waals surface area contributed by atoms with Crippen molar-refractivity contribution in [3.63, 3.8) is 0 Å². The monoisotopic (exact) mass is 506 g/mol. The van der Waals surface area contributed by atoms with Crippen LogP contribution in [0.3, 0.4) is 0 Å². The molecule has 0 saturated heterocycles. The number of carbonyl (C=O) groups is 1. The Morgan fingerprint density at radius 2 is 2.07 bits per heavy atom. The SMILES string of the molecule is CSC(C)(C)CNC(=NCC(=O)N(C)C)NC1CCOc2ccccc21.I. The number of likely N-dealkylation sites (N-methyl/N-ethyl adjacent to an activating group) is 1. The lowest BCUT2D eigenvalue weighted by molar-refractivity contribution is -0.127. The molecular weight excluding hydrogens is 475 g/mol. The number of ether oxygens (including phenoxy) is 1. The van der Waals surface area contributed by atoms with Crippen LogP contribution in [0.4, 0.5) is 0 Å². The smallest absolute Gasteiger partial charge is 0.243 e. The lowest BCUT2D eigenvalue weighted by atomic mass is 10.0. The summed E-state index contributed by atoms with van der Waals surface area (Å²) < 4.78 is 5.80. The number of nitrogens with zero attached hydrogens (tertiary/aromatic N) is 2. The predicted molar refractivity (Wildman–Crippen MR) is 124 cm³/mol. The maximum atomic E-state index is 11.9. The molecule has 1 aliphatic rings. The standard InChI is InChI=1S/C19H30N4O2S.HI/c1-19(2,26-5)13-21-18(20-12-17(24)23(3)4)22-15-10-11-25-16-9-7-6-8-14(15)16;/h6-9,15H,10-13H2,1-5H3,(H2,20,21,22);1H. The molecular formula is C19H31IN4O2S. The van der Waals surface area contributed by atoms with Gasteiger partial charge < -0.3 is 20.3 Å². The Hall–Kier alpha value is -1.16. The van der Waals surface area contributed by atoms with E-state index in [1.165, 1.54) is 0 Å². The van der Waals surface area contributed by atoms with E-state index in [1.54, 1.807) is 30.8 Å². The molecule has 1 aromatic carbocycles. The number of hydrogen-bond donors (Lipinski definition) is 2. The van der Waals surface area contributed by atoms with Crippen molar-refractivity contribution in [2.45, 2.75) is 31.1 Å². The van der Waals surface area contributed by atoms with Gasteiger partial charge in [0.2, 0.25) is 5.91 Å². The molecule has 0 saturated carbocycles. The van der Waals surface area contributed by atoms with Crippen molar-refractivity contribution in [3.8, 4) is 5.75 Å². The summed E-state index contributed by atoms with van der Waals surface area (Å²) in [4.78, 5) is 18.0. The fraction of sp³-hybridized carbons (Fsp3) is 0.579. The van der Waals surface area contributed by atoms with Crippen LogP contribution >= 0.6 is 35.7 Å². The van der Waals surface area contributed by atoms with E-state index in [9.17, 15) is 4.79 Å². The number of halogens is 1. The summed E-state index contributed by atoms with van der Waals surface area (Å²) in [6, 6.07) is 8.16. The van der Waals surface area contributed by atoms with Gasteiger partial charge in [-0.3, -0.25) is 4.79 Å². The van der Waals surface area contributed by atoms with Crippen molar-refractivity contribution in [1.82, 2.24) is 15.5 Å². The molecule has 152 valence electrons. The van der Waals surface area contributed by atoms with Crippen LogP contribution in [0.2, 0.25) is 0 Å². The summed E-state index contributed by atoms with van der Waals surface area (Å²) in [5.74, 6) is 1.54. The molecule has 27 heavy (non-hydrogen) atoms. The van der Waals surface area contributed by atoms with Crippen LogP contribution in [0, 0.1) is 0 Å². The van der Waals surface area contributed by atoms with Gasteiger partial charge in [-0.05, 0) is 26.2 Å². The molecule has 0 spiro atoms. The minimum atomic E-state index is -0.0254. The third kappa shape index (κ3) is 7.40. The number of para-hydroxylation sites is 1. The van der Waals surface area contributed by atoms with Crippen molar-refractivity contribution in [1.29, 1.82) is 0 Å². The normalized spacial score (nSPS) is 16.5. The van der Waals surface area contributed by atoms with Gasteiger partial charge in [-0.1, -0.05) is 18.2 Å². The molecule has 1 amide bonds. The lowest BCUT2D eigenvalue weighted by Gasteiger charge is -2.29. The molecule has 0 aromatic heterocycles. The molecule has 0 fully saturated rings. The van der Waals surface area contributed by atoms with Gasteiger partial charge in [-0.2, -0.15) is 11.8 Å². The van der Waals surface area contributed by atoms with Crippen molar-refractivity contribution < 1.29 is 9.53 Å². The summed E-state index contributed by atoms with van der Waals surface area (Å²) in [6.07, 6.45) is 2.95. The van der Waals surface area contributed by atoms with Gasteiger partial charge in [0.25, 0.3) is 0 Å². The van der Waals surface area contributed by atoms with Gasteiger partial charge in [0, 0.05) is 37.4 Å². The summed E-state index contributed by atoms with van der Waals surface area (Å²) >= 11 is 1.79. The van der Waals surface area contributed by atoms with Gasteiger partial charge in [0.05, 0.1) is 12.6 Å². The molecule has 1 unspecified atom stereocenters. The summed E-state index contributed by atoms with van der Waals surface area (Å²) in [5.41, 5.74) is 1.12. The van der Waals surface area contributed by atoms with E-state index in [4.69, 9.17) is 4.74 Å². The highest BCUT2D eigenvalue weighted by Gasteiger charge is 2.23. The first-order chi connectivity index (χ1) is 12.3. The molecule has 2 rings (SSSR count). The predicted octanol–water partition coefficient (Wildman–Crippen LogP) is 2.89. The lowest BCUT2D eigenvalue weighted by Crippen LogP contribution is -2.45. The van der Waals surface area contributed by atoms with Crippen LogP contribution in [0.25, 0.3) is 0 Å². The Labute approximate surface area is 183 Å². The quantitative estimate of drug-likeness (QED) is 0.353. The maximum Gasteiger partial charge on any atom is 0.243 e. The molecule has 1 aromatic rings. The Kier molecular flexibility index (Phi) is 9.72. The summed E-state index contributed by atoms with van der Waals surface area (Å²) in [7, 11) is 3.48. The number of aliphatic imine (C=N–C) groups is 1. The van der Waals surface area contributed by atoms with Crippen molar-refractivity contribution in [2.24, 2.45) is 4.99 Å². The first-order valence-electron chi connectivity index (χ1n) is 8.84. The van der Waals surface area contributed by atoms with Crippen LogP contribution in [0.5, 0.6) is 5.75 Å². The molecule has 0 radical (unpaired) electrons. The highest BCUT2D eigenvalue weighted by atomic mass is 127. The molecule has 1 heterocycles. The van der Waals surface area contributed by atoms with E-state index >= 15 is 0 Å². The Balaban J connectivity index is 0.00000364. The van der Waals surface area contributed by atoms with Crippen molar-refractivity contribution in [2.75, 3.05) is 40.0 Å². The molecule has 1 aliphatic heterocycles. The molecule has 0 aliphatic carbocycles. The number of fused-ring (bicyclic) bond motifs is 1. The second-order valence-electron chi connectivity index (χ2n) is 7.14. The van der Waals surface area contributed by atoms with Gasteiger partial charge >= 0.3 is 0 Å². The zero-order valence-electron chi connectivity index (χ0n) is 16.7. The maximum absolute atomic E-state index is 11.9. The number of amides is 1. The van der Waals surface area contributed by atoms with Crippen LogP contribution in [0.15, 0.2) is 29.3 Å². The van der Waals surface area contributed by atoms with Crippen molar-refractivity contribution >= 4 is 47.6 Å². The number of guanidine groups is 1. The Morgan fingerprint density at radius 1 is 1.37 bits per heavy atom. The number of carbonyl (C=O) groups excluding carboxylic acids is 1. The number of rotatable bonds is 6. The zero-order valence-corrected chi connectivity index (χ0v) is 19.9. The topological polar surface area (TPSA) is 66.0 Å². The molecule has 8 heteroatoms. The third-order valence-electron chi connectivity index (χ3n) is 4.37. The molecule has 2 N–H and O–H groups in total. The third-order valence-corrected chi connectivity index (χ3v) is 5.62. The summed E-state index contributed by atoms with van der Waals surface area (Å²) in [5, 5.41) is 6.87. The zero-order chi connectivity index (χ0) is 19.2. The molecule has 1 atom stereocenters. The number of thioether (sulfide) groups is 1. The largest absolute Gasteiger partial charge is 0.493 e. The molecule has 6 nitrogen and oxygen atoms in total. The minimum Gasteiger partial charge on any atom is -0.493 e. The van der Waals surface area contributed by atoms with E-state index in [1.807, 2.05) is 18.2 Å². The number of benzene rings is 1. The fourth-order valence-corrected chi connectivity index (χ4v) is 2.68. The second kappa shape index (κ2) is 11.0. The van der Waals surface area contributed by atoms with E-state index in [2.05, 4.69) is 41.8 Å². The number of hydrogen-bond acceptors (Lipinski definition) is 4. The second-order valence-corrected chi connectivity index (χ2v) is 8.66. The van der Waals surface area contributed by atoms with Crippen molar-refractivity contribution in [3.05, 3.63) is 29.8 Å². The first kappa shape index (κ1) is 23.9. The minimum absolute atomic E-state index is 0. The van der Waals surface area contributed by atoms with E-state index in [-0.39, 0.29) is 47.2 Å². The van der Waals surface area contributed by atoms with Gasteiger partial charge in [0.1, 0.15) is 12.3 Å². The average Bonchev–Trinajstić information content (AvgIpc) is 2.63. The first-order valence-corrected chi connectivity index (χ1v) is 10.1. The average molecular weight is 506 g/mol. The molecule has 0 bridgehead atoms. The Morgan fingerprint density at radius 3 is 2.74 bits per heavy atom. The van der Waals surface area contributed by atoms with Crippen LogP contribution in [-0.4, -0.2) is 61.6 Å². The fourth-order valence-electron chi connectivity index (χ4n) is 2.47. The van der Waals surface area contributed by atoms with Crippen LogP contribution in [0.1, 0.15) is 31.9 Å². The van der Waals surface area contributed by atoms with Crippen LogP contribution < -0.4 is 15.4 Å². The van der Waals surface area contributed by atoms with E-state index in [0.717, 1.165) is 24.3 Å². The highest BCUT2D eigenvalue weighted by Crippen LogP contribution is 2.31. The van der Waals surface area contributed by atoms with Gasteiger partial charge in [0.15, 0.2) is 5.96 Å². The van der Waals surface area contributed by atoms with Gasteiger partial charge in [-0.15, -0.1) is 24.0 Å². The van der Waals surface area contributed by atoms with Crippen LogP contribution in [-0.2, 0) is 4.79 Å². The highest BCUT2D eigenvalue weighted by molar-refractivity contribution is 14.0. The number of nitrogens with one attached hydrogen (secondary N) is 2. The van der Waals surface area contributed by atoms with E-state index in [0.29, 0.717) is 12.6 Å². The van der Waals surface area contributed by atoms with Gasteiger partial charge in [-0.25, -0.2) is 4.99 Å². The van der Waals surface area contributed by atoms with E-state index < -0.39 is 0 Å². The Bertz CT molecular complexity index is 652.